The molecular formula is C8H16N2. The van der Waals surface area contributed by atoms with Crippen LogP contribution >= 0.6 is 0 Å². The van der Waals surface area contributed by atoms with Gasteiger partial charge in [0.1, 0.15) is 5.82 Å². The Hall–Kier alpha value is -0.790. The predicted octanol–water partition coefficient (Wildman–Crippen LogP) is 1.92. The van der Waals surface area contributed by atoms with Gasteiger partial charge in [-0.25, -0.2) is 4.99 Å². The molecule has 0 aromatic rings. The number of hydrogen-bond donors (Lipinski definition) is 1. The Kier molecular flexibility index (Phi) is 4.63. The highest BCUT2D eigenvalue weighted by atomic mass is 14.9. The van der Waals surface area contributed by atoms with Gasteiger partial charge in [0.15, 0.2) is 0 Å². The largest absolute Gasteiger partial charge is 0.384 e. The molecule has 0 spiro atoms. The Labute approximate surface area is 62.8 Å². The molecule has 0 aliphatic carbocycles. The molecule has 0 saturated heterocycles. The van der Waals surface area contributed by atoms with E-state index in [0.717, 1.165) is 6.42 Å². The second-order valence-corrected chi connectivity index (χ2v) is 2.54. The molecule has 1 atom stereocenters. The maximum atomic E-state index is 5.24. The SMILES string of the molecule is C=C(N)N=CC(C)CCC. The third-order valence-electron chi connectivity index (χ3n) is 1.24. The van der Waals surface area contributed by atoms with Crippen LogP contribution in [0.2, 0.25) is 0 Å². The molecule has 0 aromatic heterocycles. The van der Waals surface area contributed by atoms with Crippen molar-refractivity contribution in [1.29, 1.82) is 0 Å². The maximum absolute atomic E-state index is 5.24. The fourth-order valence-electron chi connectivity index (χ4n) is 0.753. The van der Waals surface area contributed by atoms with Gasteiger partial charge >= 0.3 is 0 Å². The number of aliphatic imine (C=N–C) groups is 1. The first kappa shape index (κ1) is 9.21. The lowest BCUT2D eigenvalue weighted by atomic mass is 10.1. The molecule has 0 saturated carbocycles. The Balaban J connectivity index is 3.55. The van der Waals surface area contributed by atoms with Crippen molar-refractivity contribution < 1.29 is 0 Å². The molecular weight excluding hydrogens is 124 g/mol. The van der Waals surface area contributed by atoms with E-state index in [9.17, 15) is 0 Å². The summed E-state index contributed by atoms with van der Waals surface area (Å²) in [6, 6.07) is 0. The van der Waals surface area contributed by atoms with E-state index in [1.807, 2.05) is 6.21 Å². The van der Waals surface area contributed by atoms with E-state index < -0.39 is 0 Å². The van der Waals surface area contributed by atoms with Crippen LogP contribution in [-0.2, 0) is 0 Å². The highest BCUT2D eigenvalue weighted by Gasteiger charge is 1.93. The fourth-order valence-corrected chi connectivity index (χ4v) is 0.753. The van der Waals surface area contributed by atoms with Crippen LogP contribution in [0.25, 0.3) is 0 Å². The van der Waals surface area contributed by atoms with Crippen molar-refractivity contribution in [2.24, 2.45) is 16.6 Å². The number of nitrogens with zero attached hydrogens (tertiary/aromatic N) is 1. The summed E-state index contributed by atoms with van der Waals surface area (Å²) in [5.74, 6) is 0.910. The average molecular weight is 140 g/mol. The summed E-state index contributed by atoms with van der Waals surface area (Å²) in [5.41, 5.74) is 5.24. The van der Waals surface area contributed by atoms with Gasteiger partial charge in [-0.3, -0.25) is 0 Å². The molecule has 0 fully saturated rings. The topological polar surface area (TPSA) is 38.4 Å². The Morgan fingerprint density at radius 3 is 2.80 bits per heavy atom. The second-order valence-electron chi connectivity index (χ2n) is 2.54. The zero-order chi connectivity index (χ0) is 7.98. The molecule has 2 nitrogen and oxygen atoms in total. The van der Waals surface area contributed by atoms with Gasteiger partial charge in [0, 0.05) is 6.21 Å². The lowest BCUT2D eigenvalue weighted by Crippen LogP contribution is -1.97. The smallest absolute Gasteiger partial charge is 0.115 e. The van der Waals surface area contributed by atoms with E-state index in [1.54, 1.807) is 0 Å². The molecule has 0 aliphatic rings. The van der Waals surface area contributed by atoms with E-state index in [1.165, 1.54) is 6.42 Å². The van der Waals surface area contributed by atoms with Crippen LogP contribution in [0, 0.1) is 5.92 Å². The summed E-state index contributed by atoms with van der Waals surface area (Å²) in [6.07, 6.45) is 4.20. The van der Waals surface area contributed by atoms with Gasteiger partial charge in [0.25, 0.3) is 0 Å². The first-order valence-electron chi connectivity index (χ1n) is 3.65. The highest BCUT2D eigenvalue weighted by molar-refractivity contribution is 5.61. The quantitative estimate of drug-likeness (QED) is 0.595. The summed E-state index contributed by atoms with van der Waals surface area (Å²) in [6.45, 7) is 7.74. The zero-order valence-electron chi connectivity index (χ0n) is 6.80. The van der Waals surface area contributed by atoms with Crippen LogP contribution < -0.4 is 5.73 Å². The van der Waals surface area contributed by atoms with Crippen LogP contribution in [-0.4, -0.2) is 6.21 Å². The summed E-state index contributed by atoms with van der Waals surface area (Å²) in [7, 11) is 0. The molecule has 10 heavy (non-hydrogen) atoms. The Morgan fingerprint density at radius 1 is 1.80 bits per heavy atom. The zero-order valence-corrected chi connectivity index (χ0v) is 6.80. The Morgan fingerprint density at radius 2 is 2.40 bits per heavy atom. The van der Waals surface area contributed by atoms with Crippen LogP contribution in [0.4, 0.5) is 0 Å². The monoisotopic (exact) mass is 140 g/mol. The minimum absolute atomic E-state index is 0.392. The molecule has 0 heterocycles. The third kappa shape index (κ3) is 5.35. The van der Waals surface area contributed by atoms with Crippen molar-refractivity contribution in [3.8, 4) is 0 Å². The molecule has 0 rings (SSSR count). The second kappa shape index (κ2) is 5.03. The molecule has 0 amide bonds. The molecule has 2 heteroatoms. The molecule has 0 aromatic carbocycles. The van der Waals surface area contributed by atoms with Crippen molar-refractivity contribution in [3.05, 3.63) is 12.4 Å². The number of hydrogen-bond acceptors (Lipinski definition) is 2. The summed E-state index contributed by atoms with van der Waals surface area (Å²) in [4.78, 5) is 3.90. The molecule has 0 aliphatic heterocycles. The minimum Gasteiger partial charge on any atom is -0.384 e. The van der Waals surface area contributed by atoms with Crippen molar-refractivity contribution >= 4 is 6.21 Å². The van der Waals surface area contributed by atoms with Crippen molar-refractivity contribution in [1.82, 2.24) is 0 Å². The molecule has 0 radical (unpaired) electrons. The van der Waals surface area contributed by atoms with Crippen molar-refractivity contribution in [3.63, 3.8) is 0 Å². The maximum Gasteiger partial charge on any atom is 0.115 e. The van der Waals surface area contributed by atoms with Crippen LogP contribution in [0.5, 0.6) is 0 Å². The highest BCUT2D eigenvalue weighted by Crippen LogP contribution is 2.01. The van der Waals surface area contributed by atoms with E-state index in [2.05, 4.69) is 25.4 Å². The molecule has 1 unspecified atom stereocenters. The number of rotatable bonds is 4. The van der Waals surface area contributed by atoms with Gasteiger partial charge in [0.2, 0.25) is 0 Å². The van der Waals surface area contributed by atoms with Gasteiger partial charge in [-0.2, -0.15) is 0 Å². The normalized spacial score (nSPS) is 13.8. The minimum atomic E-state index is 0.392. The van der Waals surface area contributed by atoms with Crippen LogP contribution in [0.15, 0.2) is 17.4 Å². The first-order valence-corrected chi connectivity index (χ1v) is 3.65. The molecule has 58 valence electrons. The van der Waals surface area contributed by atoms with E-state index in [-0.39, 0.29) is 0 Å². The summed E-state index contributed by atoms with van der Waals surface area (Å²) >= 11 is 0. The van der Waals surface area contributed by atoms with Crippen molar-refractivity contribution in [2.45, 2.75) is 26.7 Å². The lowest BCUT2D eigenvalue weighted by molar-refractivity contribution is 0.677. The van der Waals surface area contributed by atoms with E-state index in [4.69, 9.17) is 5.73 Å². The van der Waals surface area contributed by atoms with E-state index >= 15 is 0 Å². The lowest BCUT2D eigenvalue weighted by Gasteiger charge is -2.00. The van der Waals surface area contributed by atoms with Gasteiger partial charge in [-0.1, -0.05) is 26.8 Å². The molecule has 2 N–H and O–H groups in total. The summed E-state index contributed by atoms with van der Waals surface area (Å²) < 4.78 is 0. The first-order chi connectivity index (χ1) is 4.66. The molecule has 0 bridgehead atoms. The third-order valence-corrected chi connectivity index (χ3v) is 1.24. The van der Waals surface area contributed by atoms with Gasteiger partial charge in [-0.05, 0) is 12.3 Å². The number of nitrogens with two attached hydrogens (primary N) is 1. The van der Waals surface area contributed by atoms with Crippen molar-refractivity contribution in [2.75, 3.05) is 0 Å². The Bertz CT molecular complexity index is 127. The van der Waals surface area contributed by atoms with Crippen LogP contribution in [0.1, 0.15) is 26.7 Å². The van der Waals surface area contributed by atoms with Gasteiger partial charge < -0.3 is 5.73 Å². The predicted molar refractivity (Wildman–Crippen MR) is 45.9 cm³/mol. The van der Waals surface area contributed by atoms with Gasteiger partial charge in [-0.15, -0.1) is 0 Å². The standard InChI is InChI=1S/C8H16N2/c1-4-5-7(2)6-10-8(3)9/h6-7H,3-5,9H2,1-2H3. The van der Waals surface area contributed by atoms with Gasteiger partial charge in [0.05, 0.1) is 0 Å². The van der Waals surface area contributed by atoms with Crippen LogP contribution in [0.3, 0.4) is 0 Å². The fraction of sp³-hybridized carbons (Fsp3) is 0.625. The average Bonchev–Trinajstić information content (AvgIpc) is 1.85. The summed E-state index contributed by atoms with van der Waals surface area (Å²) in [5, 5.41) is 0. The van der Waals surface area contributed by atoms with E-state index in [0.29, 0.717) is 11.7 Å².